The molecule has 1 aliphatic carbocycles. The molecule has 13 nitrogen and oxygen atoms in total. The van der Waals surface area contributed by atoms with Crippen molar-refractivity contribution >= 4 is 34.1 Å². The fraction of sp³-hybridized carbons (Fsp3) is 0.471. The summed E-state index contributed by atoms with van der Waals surface area (Å²) in [5.41, 5.74) is 3.51. The van der Waals surface area contributed by atoms with Crippen LogP contribution in [-0.2, 0) is 31.3 Å². The maximum absolute atomic E-state index is 13.9. The average Bonchev–Trinajstić information content (AvgIpc) is 3.41. The van der Waals surface area contributed by atoms with Gasteiger partial charge in [-0.3, -0.25) is 4.79 Å². The Balaban J connectivity index is 1.18. The number of alkyl halides is 1. The molecule has 0 unspecified atom stereocenters. The summed E-state index contributed by atoms with van der Waals surface area (Å²) in [5, 5.41) is 3.55. The zero-order valence-corrected chi connectivity index (χ0v) is 27.6. The van der Waals surface area contributed by atoms with E-state index in [9.17, 15) is 14.0 Å². The van der Waals surface area contributed by atoms with Crippen molar-refractivity contribution in [3.05, 3.63) is 54.4 Å². The standard InChI is InChI=1S/C34H40FN9O4/c1-34(2,3)48-33(46)38-23(17-35)19-43-11-8-25-24(32(43)45)16-26-29(39-25)41(4)30(40-26)27-15-22-7-9-37-31(28(22)44(27)18-21-5-6-21)47-14-13-42-12-10-36-20-42/h7,9-10,12,15-16,20-21,23H,5-6,8,11,13-14,17-19H2,1-4H3,(H,38,46)/t23-/m1/s1. The summed E-state index contributed by atoms with van der Waals surface area (Å²) in [6.45, 7) is 6.66. The SMILES string of the molecule is Cn1c(-c2cc3ccnc(OCCn4ccnc4)c3n2CC2CC2)nc2cc3c(nc21)CCN(C[C@@H](CF)NC(=O)OC(C)(C)C)C3=O. The van der Waals surface area contributed by atoms with E-state index in [0.29, 0.717) is 60.3 Å². The van der Waals surface area contributed by atoms with E-state index < -0.39 is 24.4 Å². The van der Waals surface area contributed by atoms with Crippen molar-refractivity contribution in [1.29, 1.82) is 0 Å². The number of amides is 2. The lowest BCUT2D eigenvalue weighted by Crippen LogP contribution is -2.50. The zero-order valence-electron chi connectivity index (χ0n) is 27.6. The molecule has 2 amide bonds. The fourth-order valence-electron chi connectivity index (χ4n) is 6.20. The van der Waals surface area contributed by atoms with Crippen LogP contribution in [0.15, 0.2) is 43.1 Å². The monoisotopic (exact) mass is 657 g/mol. The number of aromatic nitrogens is 7. The zero-order chi connectivity index (χ0) is 33.6. The first-order valence-corrected chi connectivity index (χ1v) is 16.4. The Morgan fingerprint density at radius 3 is 2.75 bits per heavy atom. The Morgan fingerprint density at radius 1 is 1.19 bits per heavy atom. The van der Waals surface area contributed by atoms with Gasteiger partial charge in [-0.05, 0) is 57.7 Å². The predicted molar refractivity (Wildman–Crippen MR) is 176 cm³/mol. The normalized spacial score (nSPS) is 15.6. The van der Waals surface area contributed by atoms with Gasteiger partial charge in [-0.25, -0.2) is 29.1 Å². The van der Waals surface area contributed by atoms with Crippen LogP contribution in [-0.4, -0.2) is 88.6 Å². The Hall–Kier alpha value is -5.01. The van der Waals surface area contributed by atoms with Crippen LogP contribution < -0.4 is 10.1 Å². The number of pyridine rings is 2. The molecule has 14 heteroatoms. The van der Waals surface area contributed by atoms with Gasteiger partial charge in [-0.1, -0.05) is 0 Å². The second kappa shape index (κ2) is 12.5. The first kappa shape index (κ1) is 31.6. The molecule has 48 heavy (non-hydrogen) atoms. The van der Waals surface area contributed by atoms with E-state index in [2.05, 4.69) is 25.9 Å². The number of nitrogens with one attached hydrogen (secondary N) is 1. The van der Waals surface area contributed by atoms with Crippen LogP contribution in [0.2, 0.25) is 0 Å². The van der Waals surface area contributed by atoms with Crippen molar-refractivity contribution in [3.8, 4) is 17.4 Å². The molecule has 1 N–H and O–H groups in total. The molecule has 0 aromatic carbocycles. The highest BCUT2D eigenvalue weighted by atomic mass is 19.1. The molecular weight excluding hydrogens is 617 g/mol. The van der Waals surface area contributed by atoms with Crippen molar-refractivity contribution in [2.45, 2.75) is 64.8 Å². The first-order chi connectivity index (χ1) is 23.1. The minimum absolute atomic E-state index is 0.0154. The van der Waals surface area contributed by atoms with Gasteiger partial charge in [0.15, 0.2) is 11.5 Å². The number of rotatable bonds is 11. The average molecular weight is 658 g/mol. The molecule has 2 aliphatic rings. The van der Waals surface area contributed by atoms with Crippen LogP contribution in [0.3, 0.4) is 0 Å². The van der Waals surface area contributed by atoms with Crippen LogP contribution in [0, 0.1) is 5.92 Å². The van der Waals surface area contributed by atoms with Crippen molar-refractivity contribution < 1.29 is 23.5 Å². The molecule has 7 rings (SSSR count). The summed E-state index contributed by atoms with van der Waals surface area (Å²) < 4.78 is 31.6. The Bertz CT molecular complexity index is 1970. The van der Waals surface area contributed by atoms with E-state index in [0.717, 1.165) is 29.0 Å². The number of hydrogen-bond donors (Lipinski definition) is 1. The van der Waals surface area contributed by atoms with Gasteiger partial charge < -0.3 is 33.4 Å². The molecule has 1 atom stereocenters. The van der Waals surface area contributed by atoms with Crippen LogP contribution >= 0.6 is 0 Å². The summed E-state index contributed by atoms with van der Waals surface area (Å²) in [4.78, 5) is 46.1. The largest absolute Gasteiger partial charge is 0.474 e. The number of hydrogen-bond acceptors (Lipinski definition) is 8. The van der Waals surface area contributed by atoms with Crippen LogP contribution in [0.5, 0.6) is 5.88 Å². The second-order valence-electron chi connectivity index (χ2n) is 13.6. The van der Waals surface area contributed by atoms with Gasteiger partial charge >= 0.3 is 6.09 Å². The third-order valence-electron chi connectivity index (χ3n) is 8.70. The van der Waals surface area contributed by atoms with Crippen LogP contribution in [0.25, 0.3) is 33.6 Å². The summed E-state index contributed by atoms with van der Waals surface area (Å²) in [5.74, 6) is 1.60. The minimum Gasteiger partial charge on any atom is -0.474 e. The topological polar surface area (TPSA) is 134 Å². The summed E-state index contributed by atoms with van der Waals surface area (Å²) in [6, 6.07) is 4.98. The molecule has 0 spiro atoms. The van der Waals surface area contributed by atoms with E-state index in [4.69, 9.17) is 19.4 Å². The first-order valence-electron chi connectivity index (χ1n) is 16.4. The summed E-state index contributed by atoms with van der Waals surface area (Å²) >= 11 is 0. The van der Waals surface area contributed by atoms with E-state index in [1.54, 1.807) is 50.5 Å². The van der Waals surface area contributed by atoms with Crippen LogP contribution in [0.4, 0.5) is 9.18 Å². The lowest BCUT2D eigenvalue weighted by Gasteiger charge is -2.31. The number of carbonyl (C=O) groups excluding carboxylic acids is 2. The molecule has 0 radical (unpaired) electrons. The third-order valence-corrected chi connectivity index (χ3v) is 8.70. The number of aryl methyl sites for hydroxylation is 1. The quantitative estimate of drug-likeness (QED) is 0.219. The number of fused-ring (bicyclic) bond motifs is 3. The molecule has 5 aromatic rings. The number of alkyl carbamates (subject to hydrolysis) is 1. The lowest BCUT2D eigenvalue weighted by atomic mass is 10.0. The third kappa shape index (κ3) is 6.43. The van der Waals surface area contributed by atoms with E-state index in [1.165, 1.54) is 12.8 Å². The minimum atomic E-state index is -0.897. The molecule has 1 fully saturated rings. The van der Waals surface area contributed by atoms with Crippen LogP contribution in [0.1, 0.15) is 49.7 Å². The van der Waals surface area contributed by atoms with Gasteiger partial charge in [0.25, 0.3) is 5.91 Å². The van der Waals surface area contributed by atoms with Crippen molar-refractivity contribution in [1.82, 2.24) is 43.9 Å². The van der Waals surface area contributed by atoms with Crippen molar-refractivity contribution in [2.24, 2.45) is 13.0 Å². The summed E-state index contributed by atoms with van der Waals surface area (Å²) in [7, 11) is 1.94. The van der Waals surface area contributed by atoms with Crippen molar-refractivity contribution in [3.63, 3.8) is 0 Å². The highest BCUT2D eigenvalue weighted by Crippen LogP contribution is 2.38. The smallest absolute Gasteiger partial charge is 0.408 e. The molecule has 252 valence electrons. The molecular formula is C34H40FN9O4. The number of nitrogens with zero attached hydrogens (tertiary/aromatic N) is 8. The Kier molecular flexibility index (Phi) is 8.25. The molecule has 1 aliphatic heterocycles. The van der Waals surface area contributed by atoms with Gasteiger partial charge in [-0.2, -0.15) is 0 Å². The van der Waals surface area contributed by atoms with E-state index in [1.807, 2.05) is 28.4 Å². The molecule has 6 heterocycles. The van der Waals surface area contributed by atoms with E-state index in [-0.39, 0.29) is 12.5 Å². The maximum atomic E-state index is 13.9. The number of carbonyl (C=O) groups is 2. The maximum Gasteiger partial charge on any atom is 0.408 e. The molecule has 5 aromatic heterocycles. The highest BCUT2D eigenvalue weighted by molar-refractivity contribution is 5.99. The van der Waals surface area contributed by atoms with Gasteiger partial charge in [-0.15, -0.1) is 0 Å². The molecule has 1 saturated carbocycles. The number of ether oxygens (including phenoxy) is 2. The second-order valence-corrected chi connectivity index (χ2v) is 13.6. The van der Waals surface area contributed by atoms with Gasteiger partial charge in [0.05, 0.1) is 35.9 Å². The van der Waals surface area contributed by atoms with E-state index >= 15 is 0 Å². The number of imidazole rings is 2. The Morgan fingerprint density at radius 2 is 2.02 bits per heavy atom. The van der Waals surface area contributed by atoms with Crippen molar-refractivity contribution in [2.75, 3.05) is 26.4 Å². The predicted octanol–water partition coefficient (Wildman–Crippen LogP) is 4.53. The molecule has 0 saturated heterocycles. The van der Waals surface area contributed by atoms with Gasteiger partial charge in [0.1, 0.15) is 29.9 Å². The molecule has 0 bridgehead atoms. The van der Waals surface area contributed by atoms with Gasteiger partial charge in [0, 0.05) is 57.1 Å². The fourth-order valence-corrected chi connectivity index (χ4v) is 6.20. The lowest BCUT2D eigenvalue weighted by molar-refractivity contribution is 0.0465. The highest BCUT2D eigenvalue weighted by Gasteiger charge is 2.31. The van der Waals surface area contributed by atoms with Gasteiger partial charge in [0.2, 0.25) is 5.88 Å². The number of halogens is 1. The summed E-state index contributed by atoms with van der Waals surface area (Å²) in [6.07, 6.45) is 9.29. The Labute approximate surface area is 277 Å².